The highest BCUT2D eigenvalue weighted by Gasteiger charge is 2.56. The fraction of sp³-hybridized carbons (Fsp3) is 0.782. The third-order valence-electron chi connectivity index (χ3n) is 16.4. The van der Waals surface area contributed by atoms with E-state index in [4.69, 9.17) is 47.4 Å². The van der Waals surface area contributed by atoms with E-state index in [1.807, 2.05) is 52.8 Å². The van der Waals surface area contributed by atoms with Gasteiger partial charge in [-0.05, 0) is 69.2 Å². The Morgan fingerprint density at radius 3 is 2.37 bits per heavy atom. The molecular weight excluding hydrogens is 954 g/mol. The van der Waals surface area contributed by atoms with Crippen LogP contribution in [0, 0.1) is 29.6 Å². The minimum absolute atomic E-state index is 0.00447. The first-order chi connectivity index (χ1) is 34.5. The van der Waals surface area contributed by atoms with Crippen molar-refractivity contribution >= 4 is 11.9 Å². The van der Waals surface area contributed by atoms with Gasteiger partial charge in [0.05, 0.1) is 61.4 Å². The summed E-state index contributed by atoms with van der Waals surface area (Å²) in [6.45, 7) is 19.8. The Bertz CT molecular complexity index is 2060. The zero-order valence-electron chi connectivity index (χ0n) is 44.9. The molecule has 0 aromatic heterocycles. The van der Waals surface area contributed by atoms with Crippen LogP contribution in [0.5, 0.6) is 0 Å². The second kappa shape index (κ2) is 24.1. The lowest BCUT2D eigenvalue weighted by Crippen LogP contribution is -2.73. The molecule has 4 saturated heterocycles. The van der Waals surface area contributed by atoms with Crippen LogP contribution in [0.1, 0.15) is 114 Å². The van der Waals surface area contributed by atoms with Crippen molar-refractivity contribution in [1.29, 1.82) is 0 Å². The number of alkyl halides is 3. The van der Waals surface area contributed by atoms with E-state index in [1.54, 1.807) is 14.0 Å². The van der Waals surface area contributed by atoms with Crippen molar-refractivity contribution in [3.8, 4) is 0 Å². The third-order valence-corrected chi connectivity index (χ3v) is 16.4. The number of amides is 1. The predicted molar refractivity (Wildman–Crippen MR) is 265 cm³/mol. The number of ether oxygens (including phenoxy) is 10. The highest BCUT2D eigenvalue weighted by Crippen LogP contribution is 2.45. The Hall–Kier alpha value is -3.01. The van der Waals surface area contributed by atoms with Crippen molar-refractivity contribution in [3.05, 3.63) is 59.3 Å². The number of hydrogen-bond donors (Lipinski definition) is 3. The molecule has 6 heterocycles. The number of aliphatic hydroxyl groups excluding tert-OH is 1. The summed E-state index contributed by atoms with van der Waals surface area (Å²) in [4.78, 5) is 26.8. The van der Waals surface area contributed by atoms with Gasteiger partial charge in [-0.15, -0.1) is 0 Å². The Balaban J connectivity index is 1.14. The smallest absolute Gasteiger partial charge is 0.462 e. The lowest BCUT2D eigenvalue weighted by molar-refractivity contribution is -0.318. The Morgan fingerprint density at radius 1 is 0.945 bits per heavy atom. The molecule has 15 nitrogen and oxygen atoms in total. The molecule has 1 spiro atoms. The van der Waals surface area contributed by atoms with Crippen LogP contribution in [0.4, 0.5) is 13.2 Å². The number of methoxy groups -OCH3 is 2. The Morgan fingerprint density at radius 2 is 1.68 bits per heavy atom. The van der Waals surface area contributed by atoms with Crippen LogP contribution in [0.15, 0.2) is 59.3 Å². The van der Waals surface area contributed by atoms with Gasteiger partial charge < -0.3 is 63.1 Å². The molecule has 12 unspecified atom stereocenters. The molecule has 1 amide bonds. The van der Waals surface area contributed by atoms with E-state index in [1.165, 1.54) is 7.11 Å². The summed E-state index contributed by atoms with van der Waals surface area (Å²) in [6.07, 6.45) is 4.01. The first-order valence-corrected chi connectivity index (χ1v) is 26.6. The number of halogens is 3. The number of allylic oxidation sites excluding steroid dienone is 2. The molecule has 0 radical (unpaired) electrons. The summed E-state index contributed by atoms with van der Waals surface area (Å²) in [6, 6.07) is -0.108. The molecule has 18 heteroatoms. The molecule has 3 N–H and O–H groups in total. The van der Waals surface area contributed by atoms with Gasteiger partial charge in [-0.1, -0.05) is 84.4 Å². The zero-order chi connectivity index (χ0) is 53.2. The normalized spacial score (nSPS) is 43.9. The summed E-state index contributed by atoms with van der Waals surface area (Å²) < 4.78 is 106. The van der Waals surface area contributed by atoms with E-state index < -0.39 is 109 Å². The fourth-order valence-corrected chi connectivity index (χ4v) is 11.9. The SMILES string of the molecule is CCC(C)C1OC2(C=C[C@@H]1C)CCC1CC(C/C=C(\C)[C@@H](O[C@H]3CC(OC)[C@@H](O[C@H]4CC(OC)[C@@](CNC(C)C)(NC(=O)C(F)(F)F)C(C)O4)C(C)O3)[C@@H](C)/C=C/C=C3\COC4C(O)C(C)=C[C@@H](C(=O)O1)C34)O2. The molecule has 4 fully saturated rings. The van der Waals surface area contributed by atoms with Gasteiger partial charge in [0.1, 0.15) is 23.9 Å². The molecule has 7 aliphatic rings. The molecule has 73 heavy (non-hydrogen) atoms. The van der Waals surface area contributed by atoms with E-state index in [2.05, 4.69) is 62.6 Å². The van der Waals surface area contributed by atoms with Gasteiger partial charge in [0.25, 0.3) is 0 Å². The van der Waals surface area contributed by atoms with Crippen LogP contribution in [0.2, 0.25) is 0 Å². The van der Waals surface area contributed by atoms with Gasteiger partial charge in [-0.2, -0.15) is 13.2 Å². The van der Waals surface area contributed by atoms with E-state index in [0.717, 1.165) is 17.6 Å². The second-order valence-electron chi connectivity index (χ2n) is 22.1. The predicted octanol–water partition coefficient (Wildman–Crippen LogP) is 7.71. The summed E-state index contributed by atoms with van der Waals surface area (Å²) in [5.41, 5.74) is 0.926. The third kappa shape index (κ3) is 13.1. The molecule has 6 aliphatic heterocycles. The van der Waals surface area contributed by atoms with Crippen molar-refractivity contribution in [2.45, 2.75) is 217 Å². The van der Waals surface area contributed by atoms with Crippen molar-refractivity contribution in [2.75, 3.05) is 27.4 Å². The van der Waals surface area contributed by atoms with E-state index >= 15 is 0 Å². The zero-order valence-corrected chi connectivity index (χ0v) is 44.9. The van der Waals surface area contributed by atoms with E-state index in [0.29, 0.717) is 37.2 Å². The van der Waals surface area contributed by atoms with Crippen molar-refractivity contribution in [1.82, 2.24) is 10.6 Å². The van der Waals surface area contributed by atoms with Gasteiger partial charge in [0.15, 0.2) is 18.4 Å². The summed E-state index contributed by atoms with van der Waals surface area (Å²) in [5, 5.41) is 16.6. The number of esters is 1. The lowest BCUT2D eigenvalue weighted by atomic mass is 9.75. The average Bonchev–Trinajstić information content (AvgIpc) is 3.69. The maximum absolute atomic E-state index is 14.4. The van der Waals surface area contributed by atoms with Crippen LogP contribution < -0.4 is 10.6 Å². The maximum Gasteiger partial charge on any atom is 0.471 e. The van der Waals surface area contributed by atoms with E-state index in [-0.39, 0.29) is 55.9 Å². The molecule has 20 atom stereocenters. The van der Waals surface area contributed by atoms with Gasteiger partial charge in [0, 0.05) is 70.2 Å². The van der Waals surface area contributed by atoms with Crippen LogP contribution in [0.3, 0.4) is 0 Å². The monoisotopic (exact) mass is 1040 g/mol. The van der Waals surface area contributed by atoms with Crippen molar-refractivity contribution in [3.63, 3.8) is 0 Å². The van der Waals surface area contributed by atoms with Crippen LogP contribution in [-0.2, 0) is 57.0 Å². The number of carbonyl (C=O) groups is 2. The highest BCUT2D eigenvalue weighted by molar-refractivity contribution is 5.82. The van der Waals surface area contributed by atoms with E-state index in [9.17, 15) is 27.9 Å². The van der Waals surface area contributed by atoms with Crippen LogP contribution in [0.25, 0.3) is 0 Å². The molecule has 0 saturated carbocycles. The number of hydrogen-bond acceptors (Lipinski definition) is 14. The highest BCUT2D eigenvalue weighted by atomic mass is 19.4. The van der Waals surface area contributed by atoms with Crippen LogP contribution in [-0.4, -0.2) is 148 Å². The summed E-state index contributed by atoms with van der Waals surface area (Å²) in [5.74, 6) is -4.21. The Labute approximate surface area is 430 Å². The standard InChI is InChI=1S/C55H83F3N2O13/c1-13-30(4)48-33(7)19-21-53(73-48)22-20-38-24-39(72-53)18-17-32(6)47(31(5)15-14-16-37-27-66-50-45(37)40(51(62)69-38)23-34(8)46(50)61)70-43-25-41(64-11)49(35(9)67-43)71-44-26-42(65-12)54(36(10)68-44,28-59-29(2)3)60-52(63)55(56,57)58/h14-17,19,21,23,29-31,33,35-36,38-50,59,61H,13,18,20,22,24-28H2,1-12H3,(H,60,63)/b15-14+,32-17+,37-16+/t30?,31-,33-,35?,36?,38?,39?,40+,41?,42?,43-,44-,45?,46?,47-,48?,49-,50?,53?,54-/m0/s1. The molecule has 2 bridgehead atoms. The molecule has 0 aromatic carbocycles. The number of carbonyl (C=O) groups excluding carboxylic acids is 2. The largest absolute Gasteiger partial charge is 0.471 e. The summed E-state index contributed by atoms with van der Waals surface area (Å²) in [7, 11) is 2.97. The second-order valence-corrected chi connectivity index (χ2v) is 22.1. The average molecular weight is 1040 g/mol. The van der Waals surface area contributed by atoms with Gasteiger partial charge in [0.2, 0.25) is 0 Å². The van der Waals surface area contributed by atoms with Gasteiger partial charge >= 0.3 is 18.1 Å². The number of rotatable bonds is 12. The number of nitrogens with one attached hydrogen (secondary N) is 2. The first kappa shape index (κ1) is 57.7. The fourth-order valence-electron chi connectivity index (χ4n) is 11.9. The number of fused-ring (bicyclic) bond motifs is 2. The quantitative estimate of drug-likeness (QED) is 0.128. The molecular formula is C55H83F3N2O13. The molecule has 7 rings (SSSR count). The van der Waals surface area contributed by atoms with Crippen LogP contribution >= 0.6 is 0 Å². The first-order valence-electron chi connectivity index (χ1n) is 26.6. The maximum atomic E-state index is 14.4. The molecule has 0 aromatic rings. The van der Waals surface area contributed by atoms with Gasteiger partial charge in [-0.25, -0.2) is 0 Å². The molecule has 412 valence electrons. The Kier molecular flexibility index (Phi) is 19.1. The lowest BCUT2D eigenvalue weighted by Gasteiger charge is -2.51. The topological polar surface area (TPSA) is 171 Å². The van der Waals surface area contributed by atoms with Gasteiger partial charge in [-0.3, -0.25) is 9.59 Å². The van der Waals surface area contributed by atoms with Crippen molar-refractivity contribution in [2.24, 2.45) is 29.6 Å². The van der Waals surface area contributed by atoms with Crippen molar-refractivity contribution < 1.29 is 75.2 Å². The minimum Gasteiger partial charge on any atom is -0.462 e. The number of aliphatic hydroxyl groups is 1. The minimum atomic E-state index is -5.12. The summed E-state index contributed by atoms with van der Waals surface area (Å²) >= 11 is 0. The molecule has 1 aliphatic carbocycles.